The Kier molecular flexibility index (Phi) is 4.49. The first-order valence-electron chi connectivity index (χ1n) is 4.38. The van der Waals surface area contributed by atoms with Gasteiger partial charge in [-0.05, 0) is 36.9 Å². The fraction of sp³-hybridized carbons (Fsp3) is 0.300. The smallest absolute Gasteiger partial charge is 0.306 e. The molecule has 0 saturated heterocycles. The molecule has 0 aromatic heterocycles. The predicted molar refractivity (Wildman–Crippen MR) is 56.8 cm³/mol. The monoisotopic (exact) mass is 211 g/mol. The third-order valence-corrected chi connectivity index (χ3v) is 2.35. The van der Waals surface area contributed by atoms with Gasteiger partial charge in [-0.3, -0.25) is 9.93 Å². The maximum absolute atomic E-state index is 9.76. The van der Waals surface area contributed by atoms with Crippen molar-refractivity contribution in [1.82, 2.24) is 0 Å². The summed E-state index contributed by atoms with van der Waals surface area (Å²) >= 11 is 1.27. The van der Waals surface area contributed by atoms with Gasteiger partial charge in [0.1, 0.15) is 0 Å². The molecule has 3 N–H and O–H groups in total. The van der Waals surface area contributed by atoms with E-state index in [4.69, 9.17) is 10.2 Å². The number of aliphatic carboxylic acids is 1. The number of hydrogen-bond acceptors (Lipinski definition) is 3. The third kappa shape index (κ3) is 4.30. The molecule has 2 rings (SSSR count). The molecule has 0 spiro atoms. The summed E-state index contributed by atoms with van der Waals surface area (Å²) in [6, 6.07) is 9.86. The minimum atomic E-state index is -0.630. The Balaban J connectivity index is 0.000000146. The van der Waals surface area contributed by atoms with Crippen molar-refractivity contribution in [2.24, 2.45) is 11.1 Å². The van der Waals surface area contributed by atoms with E-state index < -0.39 is 5.97 Å². The summed E-state index contributed by atoms with van der Waals surface area (Å²) in [6.45, 7) is 0. The van der Waals surface area contributed by atoms with Crippen molar-refractivity contribution in [2.75, 3.05) is 0 Å². The van der Waals surface area contributed by atoms with E-state index in [2.05, 4.69) is 0 Å². The van der Waals surface area contributed by atoms with Crippen molar-refractivity contribution in [3.63, 3.8) is 0 Å². The molecule has 0 unspecified atom stereocenters. The van der Waals surface area contributed by atoms with Gasteiger partial charge in [0.05, 0.1) is 5.92 Å². The number of hydrogen-bond donors (Lipinski definition) is 2. The second-order valence-corrected chi connectivity index (χ2v) is 3.75. The van der Waals surface area contributed by atoms with Crippen LogP contribution in [0.25, 0.3) is 0 Å². The normalized spacial score (nSPS) is 14.1. The van der Waals surface area contributed by atoms with Crippen LogP contribution in [0.1, 0.15) is 12.8 Å². The standard InChI is InChI=1S/C6H7NS.C4H6O2/c7-8-6-4-2-1-3-5-6;5-4(6)3-1-2-3/h1-5H,7H2;3H,1-2H2,(H,5,6). The second kappa shape index (κ2) is 5.67. The molecule has 14 heavy (non-hydrogen) atoms. The minimum Gasteiger partial charge on any atom is -0.481 e. The van der Waals surface area contributed by atoms with Gasteiger partial charge < -0.3 is 5.11 Å². The van der Waals surface area contributed by atoms with Crippen molar-refractivity contribution in [3.05, 3.63) is 30.3 Å². The minimum absolute atomic E-state index is 0.0185. The van der Waals surface area contributed by atoms with E-state index in [1.54, 1.807) is 0 Å². The SMILES string of the molecule is NSc1ccccc1.O=C(O)C1CC1. The molecule has 0 amide bonds. The first-order chi connectivity index (χ1) is 6.74. The van der Waals surface area contributed by atoms with E-state index in [-0.39, 0.29) is 5.92 Å². The molecule has 76 valence electrons. The highest BCUT2D eigenvalue weighted by atomic mass is 32.2. The van der Waals surface area contributed by atoms with E-state index in [0.29, 0.717) is 0 Å². The molecule has 0 heterocycles. The molecule has 1 aliphatic carbocycles. The van der Waals surface area contributed by atoms with Crippen LogP contribution in [0, 0.1) is 5.92 Å². The van der Waals surface area contributed by atoms with Crippen LogP contribution in [0.3, 0.4) is 0 Å². The summed E-state index contributed by atoms with van der Waals surface area (Å²) < 4.78 is 0. The summed E-state index contributed by atoms with van der Waals surface area (Å²) in [5.41, 5.74) is 0. The van der Waals surface area contributed by atoms with E-state index >= 15 is 0 Å². The molecule has 1 fully saturated rings. The maximum Gasteiger partial charge on any atom is 0.306 e. The topological polar surface area (TPSA) is 63.3 Å². The van der Waals surface area contributed by atoms with Gasteiger partial charge in [0.25, 0.3) is 0 Å². The summed E-state index contributed by atoms with van der Waals surface area (Å²) in [5, 5.41) is 13.3. The van der Waals surface area contributed by atoms with Crippen molar-refractivity contribution in [3.8, 4) is 0 Å². The van der Waals surface area contributed by atoms with Gasteiger partial charge in [0, 0.05) is 4.90 Å². The Morgan fingerprint density at radius 2 is 1.93 bits per heavy atom. The van der Waals surface area contributed by atoms with Crippen molar-refractivity contribution in [2.45, 2.75) is 17.7 Å². The van der Waals surface area contributed by atoms with Crippen molar-refractivity contribution in [1.29, 1.82) is 0 Å². The van der Waals surface area contributed by atoms with E-state index in [9.17, 15) is 4.79 Å². The van der Waals surface area contributed by atoms with Crippen LogP contribution in [0.2, 0.25) is 0 Å². The zero-order valence-corrected chi connectivity index (χ0v) is 8.54. The van der Waals surface area contributed by atoms with Gasteiger partial charge in [-0.1, -0.05) is 18.2 Å². The molecule has 1 aliphatic rings. The van der Waals surface area contributed by atoms with Gasteiger partial charge in [0.15, 0.2) is 0 Å². The van der Waals surface area contributed by atoms with Crippen LogP contribution in [-0.4, -0.2) is 11.1 Å². The number of carbonyl (C=O) groups is 1. The van der Waals surface area contributed by atoms with Crippen LogP contribution in [0.5, 0.6) is 0 Å². The number of benzene rings is 1. The molecule has 1 saturated carbocycles. The van der Waals surface area contributed by atoms with Gasteiger partial charge in [-0.15, -0.1) is 0 Å². The molecule has 1 aromatic rings. The molecule has 1 aromatic carbocycles. The van der Waals surface area contributed by atoms with E-state index in [1.807, 2.05) is 30.3 Å². The lowest BCUT2D eigenvalue weighted by molar-refractivity contribution is -0.138. The Morgan fingerprint density at radius 1 is 1.36 bits per heavy atom. The molecule has 3 nitrogen and oxygen atoms in total. The average molecular weight is 211 g/mol. The van der Waals surface area contributed by atoms with E-state index in [0.717, 1.165) is 17.7 Å². The van der Waals surface area contributed by atoms with Crippen molar-refractivity contribution < 1.29 is 9.90 Å². The molecule has 0 bridgehead atoms. The van der Waals surface area contributed by atoms with Gasteiger partial charge in [0.2, 0.25) is 0 Å². The van der Waals surface area contributed by atoms with Gasteiger partial charge in [-0.2, -0.15) is 0 Å². The highest BCUT2D eigenvalue weighted by Crippen LogP contribution is 2.28. The lowest BCUT2D eigenvalue weighted by Crippen LogP contribution is -1.94. The average Bonchev–Trinajstić information content (AvgIpc) is 3.03. The van der Waals surface area contributed by atoms with Crippen LogP contribution in [-0.2, 0) is 4.79 Å². The second-order valence-electron chi connectivity index (χ2n) is 3.04. The van der Waals surface area contributed by atoms with Crippen LogP contribution in [0.15, 0.2) is 35.2 Å². The Bertz CT molecular complexity index is 285. The zero-order valence-electron chi connectivity index (χ0n) is 7.72. The first kappa shape index (κ1) is 11.1. The highest BCUT2D eigenvalue weighted by molar-refractivity contribution is 7.97. The summed E-state index contributed by atoms with van der Waals surface area (Å²) in [7, 11) is 0. The van der Waals surface area contributed by atoms with Crippen LogP contribution < -0.4 is 5.14 Å². The fourth-order valence-electron chi connectivity index (χ4n) is 0.829. The lowest BCUT2D eigenvalue weighted by Gasteiger charge is -1.88. The molecular weight excluding hydrogens is 198 g/mol. The predicted octanol–water partition coefficient (Wildman–Crippen LogP) is 2.13. The van der Waals surface area contributed by atoms with E-state index in [1.165, 1.54) is 11.9 Å². The first-order valence-corrected chi connectivity index (χ1v) is 5.26. The highest BCUT2D eigenvalue weighted by Gasteiger charge is 2.28. The number of nitrogens with two attached hydrogens (primary N) is 1. The fourth-order valence-corrected chi connectivity index (χ4v) is 1.14. The van der Waals surface area contributed by atoms with Crippen molar-refractivity contribution >= 4 is 17.9 Å². The number of carboxylic acids is 1. The van der Waals surface area contributed by atoms with Crippen LogP contribution in [0.4, 0.5) is 0 Å². The quantitative estimate of drug-likeness (QED) is 0.736. The Labute approximate surface area is 87.4 Å². The number of rotatable bonds is 2. The maximum atomic E-state index is 9.76. The molecule has 0 radical (unpaired) electrons. The molecule has 0 atom stereocenters. The Morgan fingerprint density at radius 3 is 2.14 bits per heavy atom. The van der Waals surface area contributed by atoms with Crippen LogP contribution >= 0.6 is 11.9 Å². The van der Waals surface area contributed by atoms with Gasteiger partial charge >= 0.3 is 5.97 Å². The molecule has 0 aliphatic heterocycles. The summed E-state index contributed by atoms with van der Waals surface area (Å²) in [4.78, 5) is 10.9. The molecule has 4 heteroatoms. The molecular formula is C10H13NO2S. The number of carboxylic acid groups (broad SMARTS) is 1. The lowest BCUT2D eigenvalue weighted by atomic mass is 10.4. The zero-order chi connectivity index (χ0) is 10.4. The summed E-state index contributed by atoms with van der Waals surface area (Å²) in [6.07, 6.45) is 1.80. The largest absolute Gasteiger partial charge is 0.481 e. The summed E-state index contributed by atoms with van der Waals surface area (Å²) in [5.74, 6) is -0.611. The Hall–Kier alpha value is -1.00. The van der Waals surface area contributed by atoms with Gasteiger partial charge in [-0.25, -0.2) is 0 Å². The third-order valence-electron chi connectivity index (χ3n) is 1.81.